The fourth-order valence-electron chi connectivity index (χ4n) is 9.48. The minimum Gasteiger partial charge on any atom is -0.497 e. The van der Waals surface area contributed by atoms with E-state index in [4.69, 9.17) is 38.6 Å². The number of methoxy groups -OCH3 is 1. The van der Waals surface area contributed by atoms with Gasteiger partial charge in [0.1, 0.15) is 57.3 Å². The fraction of sp³-hybridized carbons (Fsp3) is 0.413. The largest absolute Gasteiger partial charge is 0.497 e. The quantitative estimate of drug-likeness (QED) is 0.0721. The second-order valence-electron chi connectivity index (χ2n) is 22.5. The van der Waals surface area contributed by atoms with Crippen LogP contribution in [0.2, 0.25) is 0 Å². The van der Waals surface area contributed by atoms with Gasteiger partial charge < -0.3 is 43.3 Å². The number of H-pyrrole nitrogens is 1. The summed E-state index contributed by atoms with van der Waals surface area (Å²) in [6.45, 7) is 13.9. The first kappa shape index (κ1) is 59.1. The molecule has 438 valence electrons. The third-order valence-corrected chi connectivity index (χ3v) is 14.4. The molecule has 2 saturated heterocycles. The Morgan fingerprint density at radius 1 is 0.675 bits per heavy atom. The Balaban J connectivity index is 0.000000170. The molecular weight excluding hydrogens is 1060 g/mol. The van der Waals surface area contributed by atoms with Crippen molar-refractivity contribution in [3.63, 3.8) is 0 Å². The highest BCUT2D eigenvalue weighted by Gasteiger charge is 2.33. The maximum atomic E-state index is 12.6. The number of hydrogen-bond acceptors (Lipinski definition) is 15. The molecular formula is C63H76N10O10. The fourth-order valence-corrected chi connectivity index (χ4v) is 9.48. The molecule has 0 radical (unpaired) electrons. The number of amides is 2. The van der Waals surface area contributed by atoms with E-state index in [0.29, 0.717) is 102 Å². The highest BCUT2D eigenvalue weighted by atomic mass is 16.6. The maximum absolute atomic E-state index is 12.6. The van der Waals surface area contributed by atoms with Gasteiger partial charge in [0.05, 0.1) is 26.7 Å². The smallest absolute Gasteiger partial charge is 0.410 e. The van der Waals surface area contributed by atoms with E-state index in [-0.39, 0.29) is 24.2 Å². The number of aliphatic carboxylic acids is 1. The third-order valence-electron chi connectivity index (χ3n) is 14.4. The van der Waals surface area contributed by atoms with Crippen LogP contribution in [-0.4, -0.2) is 163 Å². The van der Waals surface area contributed by atoms with E-state index in [1.807, 2.05) is 136 Å². The Kier molecular flexibility index (Phi) is 19.3. The summed E-state index contributed by atoms with van der Waals surface area (Å²) in [6.07, 6.45) is 15.7. The number of aromatic amines is 1. The van der Waals surface area contributed by atoms with E-state index in [2.05, 4.69) is 37.0 Å². The number of carboxylic acid groups (broad SMARTS) is 1. The maximum Gasteiger partial charge on any atom is 0.410 e. The number of nitrogens with one attached hydrogen (secondary N) is 1. The lowest BCUT2D eigenvalue weighted by Gasteiger charge is -2.24. The lowest BCUT2D eigenvalue weighted by Crippen LogP contribution is -2.36. The Hall–Kier alpha value is -8.49. The monoisotopic (exact) mass is 1130 g/mol. The van der Waals surface area contributed by atoms with Crippen LogP contribution in [0.3, 0.4) is 0 Å². The lowest BCUT2D eigenvalue weighted by molar-refractivity contribution is -0.131. The zero-order valence-electron chi connectivity index (χ0n) is 48.7. The average Bonchev–Trinajstić information content (AvgIpc) is 4.21. The molecule has 83 heavy (non-hydrogen) atoms. The Labute approximate surface area is 484 Å². The van der Waals surface area contributed by atoms with Crippen molar-refractivity contribution >= 4 is 40.0 Å². The van der Waals surface area contributed by atoms with Crippen molar-refractivity contribution in [1.82, 2.24) is 49.5 Å². The molecule has 7 aromatic rings. The summed E-state index contributed by atoms with van der Waals surface area (Å²) in [5.74, 6) is 3.48. The number of pyridine rings is 2. The number of carboxylic acids is 1. The number of likely N-dealkylation sites (tertiary alicyclic amines) is 2. The van der Waals surface area contributed by atoms with E-state index in [0.717, 1.165) is 42.1 Å². The normalized spacial score (nSPS) is 17.0. The standard InChI is InChI=1S/C30H34N4O5.C25H29N5O3.C8H13NO2/c1-20-6-10-23(11-7-20)37-25-14-16-31-27-26(25)28(32-34(27)18-21-8-12-22(36-5)13-9-21)38-24-15-17-33(19-24)29(35)39-30(2,3)4;1-17-5-9-19(10-6-17)32-21-11-13-26-24-23(21)25(28-27-24)33-20-12-15-30(16-20)22(31)4-3-14-29(2)18-7-8-18;1-9(7-4-5-7)6-2-3-8(10)11/h6-14,16,24H,15,17-19H2,1-5H3;3-6,9-11,13,18,20H,7-8,12,14-16H2,1-2H3,(H,26,27,28);2-3,7H,4-6H2,1H3,(H,10,11)/b;4-3+;3-2+/t24-;20-;/m11./s1. The number of aromatic nitrogens is 6. The first-order valence-corrected chi connectivity index (χ1v) is 28.3. The molecule has 0 bridgehead atoms. The molecule has 2 saturated carbocycles. The summed E-state index contributed by atoms with van der Waals surface area (Å²) in [5.41, 5.74) is 4.04. The molecule has 2 N–H and O–H groups in total. The number of fused-ring (bicyclic) bond motifs is 2. The Morgan fingerprint density at radius 3 is 1.77 bits per heavy atom. The summed E-state index contributed by atoms with van der Waals surface area (Å²) >= 11 is 0. The average molecular weight is 1130 g/mol. The zero-order chi connectivity index (χ0) is 58.6. The van der Waals surface area contributed by atoms with Crippen LogP contribution < -0.4 is 23.7 Å². The molecule has 6 heterocycles. The summed E-state index contributed by atoms with van der Waals surface area (Å²) in [6, 6.07) is 28.6. The third kappa shape index (κ3) is 16.8. The molecule has 3 aromatic carbocycles. The van der Waals surface area contributed by atoms with Gasteiger partial charge in [0.2, 0.25) is 17.7 Å². The lowest BCUT2D eigenvalue weighted by atomic mass is 10.2. The van der Waals surface area contributed by atoms with Gasteiger partial charge in [-0.3, -0.25) is 19.7 Å². The van der Waals surface area contributed by atoms with Gasteiger partial charge in [-0.25, -0.2) is 24.2 Å². The van der Waals surface area contributed by atoms with Crippen molar-refractivity contribution in [2.45, 2.75) is 110 Å². The molecule has 4 aromatic heterocycles. The summed E-state index contributed by atoms with van der Waals surface area (Å²) in [7, 11) is 5.77. The Morgan fingerprint density at radius 2 is 1.20 bits per heavy atom. The van der Waals surface area contributed by atoms with Gasteiger partial charge >= 0.3 is 12.1 Å². The SMILES string of the molecule is CN(C/C=C/C(=O)O)C1CC1.COc1ccc(Cn2nc(O[C@@H]3CCN(C(=O)OC(C)(C)C)C3)c3c(Oc4ccc(C)cc4)ccnc32)cc1.Cc1ccc(Oc2ccnc3[nH]nc(O[C@@H]4CCN(C(=O)/C=C/CN(C)C5CC5)C4)c23)cc1. The summed E-state index contributed by atoms with van der Waals surface area (Å²) < 4.78 is 37.7. The van der Waals surface area contributed by atoms with Gasteiger partial charge in [-0.05, 0) is 116 Å². The summed E-state index contributed by atoms with van der Waals surface area (Å²) in [5, 5.41) is 21.7. The molecule has 0 spiro atoms. The van der Waals surface area contributed by atoms with E-state index in [1.54, 1.807) is 42.6 Å². The molecule has 11 rings (SSSR count). The van der Waals surface area contributed by atoms with Crippen molar-refractivity contribution in [2.24, 2.45) is 0 Å². The first-order chi connectivity index (χ1) is 39.9. The molecule has 0 unspecified atom stereocenters. The number of carbonyl (C=O) groups is 3. The molecule has 2 aliphatic carbocycles. The molecule has 4 aliphatic rings. The van der Waals surface area contributed by atoms with Crippen molar-refractivity contribution in [3.05, 3.63) is 138 Å². The van der Waals surface area contributed by atoms with Crippen LogP contribution in [0.25, 0.3) is 22.1 Å². The van der Waals surface area contributed by atoms with E-state index in [9.17, 15) is 14.4 Å². The zero-order valence-corrected chi connectivity index (χ0v) is 48.7. The number of carbonyl (C=O) groups excluding carboxylic acids is 2. The van der Waals surface area contributed by atoms with Crippen LogP contribution in [0.15, 0.2) is 122 Å². The highest BCUT2D eigenvalue weighted by molar-refractivity contribution is 5.89. The number of rotatable bonds is 19. The Bertz CT molecular complexity index is 3370. The minimum absolute atomic E-state index is 0.0299. The van der Waals surface area contributed by atoms with Crippen LogP contribution in [-0.2, 0) is 20.9 Å². The number of aryl methyl sites for hydroxylation is 2. The van der Waals surface area contributed by atoms with Gasteiger partial charge in [-0.15, -0.1) is 10.2 Å². The second kappa shape index (κ2) is 27.1. The van der Waals surface area contributed by atoms with Crippen molar-refractivity contribution in [3.8, 4) is 40.5 Å². The van der Waals surface area contributed by atoms with Crippen molar-refractivity contribution < 1.29 is 47.9 Å². The molecule has 20 nitrogen and oxygen atoms in total. The van der Waals surface area contributed by atoms with Crippen molar-refractivity contribution in [2.75, 3.05) is 60.5 Å². The predicted octanol–water partition coefficient (Wildman–Crippen LogP) is 10.4. The number of benzene rings is 3. The van der Waals surface area contributed by atoms with Crippen LogP contribution in [0, 0.1) is 13.8 Å². The van der Waals surface area contributed by atoms with Crippen LogP contribution in [0.1, 0.15) is 76.0 Å². The molecule has 20 heteroatoms. The molecule has 2 amide bonds. The number of likely N-dealkylation sites (N-methyl/N-ethyl adjacent to an activating group) is 2. The van der Waals surface area contributed by atoms with Crippen molar-refractivity contribution in [1.29, 1.82) is 0 Å². The van der Waals surface area contributed by atoms with Gasteiger partial charge in [0.25, 0.3) is 0 Å². The van der Waals surface area contributed by atoms with Gasteiger partial charge in [0, 0.05) is 87.8 Å². The molecule has 2 aliphatic heterocycles. The van der Waals surface area contributed by atoms with Gasteiger partial charge in [0.15, 0.2) is 11.3 Å². The van der Waals surface area contributed by atoms with E-state index in [1.165, 1.54) is 37.3 Å². The van der Waals surface area contributed by atoms with Crippen LogP contribution in [0.4, 0.5) is 4.79 Å². The first-order valence-electron chi connectivity index (χ1n) is 28.3. The number of hydrogen-bond donors (Lipinski definition) is 2. The van der Waals surface area contributed by atoms with Crippen LogP contribution in [0.5, 0.6) is 40.5 Å². The van der Waals surface area contributed by atoms with E-state index < -0.39 is 11.6 Å². The second-order valence-corrected chi connectivity index (χ2v) is 22.5. The molecule has 4 fully saturated rings. The minimum atomic E-state index is -0.866. The topological polar surface area (TPSA) is 212 Å². The van der Waals surface area contributed by atoms with Crippen LogP contribution >= 0.6 is 0 Å². The highest BCUT2D eigenvalue weighted by Crippen LogP contribution is 2.38. The molecule has 2 atom stereocenters. The number of ether oxygens (including phenoxy) is 6. The number of nitrogens with zero attached hydrogens (tertiary/aromatic N) is 9. The van der Waals surface area contributed by atoms with Gasteiger partial charge in [-0.2, -0.15) is 0 Å². The van der Waals surface area contributed by atoms with Gasteiger partial charge in [-0.1, -0.05) is 59.7 Å². The van der Waals surface area contributed by atoms with E-state index >= 15 is 0 Å². The summed E-state index contributed by atoms with van der Waals surface area (Å²) in [4.78, 5) is 52.2. The predicted molar refractivity (Wildman–Crippen MR) is 316 cm³/mol.